The number of benzene rings is 2. The van der Waals surface area contributed by atoms with Crippen LogP contribution < -0.4 is 10.6 Å². The van der Waals surface area contributed by atoms with Gasteiger partial charge in [-0.2, -0.15) is 0 Å². The van der Waals surface area contributed by atoms with Gasteiger partial charge in [0.2, 0.25) is 0 Å². The van der Waals surface area contributed by atoms with Crippen LogP contribution in [0, 0.1) is 0 Å². The van der Waals surface area contributed by atoms with E-state index in [4.69, 9.17) is 4.74 Å². The Morgan fingerprint density at radius 3 is 2.48 bits per heavy atom. The fraction of sp³-hybridized carbons (Fsp3) is 0.348. The van der Waals surface area contributed by atoms with Gasteiger partial charge < -0.3 is 15.4 Å². The minimum atomic E-state index is 0. The summed E-state index contributed by atoms with van der Waals surface area (Å²) in [6.07, 6.45) is 2.70. The molecule has 31 heavy (non-hydrogen) atoms. The van der Waals surface area contributed by atoms with Crippen LogP contribution in [0.4, 0.5) is 0 Å². The number of ether oxygens (including phenoxy) is 1. The summed E-state index contributed by atoms with van der Waals surface area (Å²) >= 11 is 0. The molecule has 2 N–H and O–H groups in total. The Morgan fingerprint density at radius 2 is 1.77 bits per heavy atom. The number of nitrogens with one attached hydrogen (secondary N) is 2. The smallest absolute Gasteiger partial charge is 0.191 e. The molecule has 1 heterocycles. The second-order valence-electron chi connectivity index (χ2n) is 6.85. The third kappa shape index (κ3) is 7.95. The van der Waals surface area contributed by atoms with Gasteiger partial charge in [-0.05, 0) is 38.0 Å². The standard InChI is InChI=1S/C23H30N6O.HI/c1-3-24-23(25-15-10-16-30-19(2)20-11-6-4-7-12-20)26-17-22-28-27-18-29(22)21-13-8-5-9-14-21;/h4-9,11-14,18-19H,3,10,15-17H2,1-2H3,(H2,24,25,26);1H. The largest absolute Gasteiger partial charge is 0.374 e. The zero-order chi connectivity index (χ0) is 21.0. The van der Waals surface area contributed by atoms with Crippen molar-refractivity contribution in [2.75, 3.05) is 19.7 Å². The van der Waals surface area contributed by atoms with Crippen LogP contribution >= 0.6 is 24.0 Å². The average molecular weight is 534 g/mol. The lowest BCUT2D eigenvalue weighted by Crippen LogP contribution is -2.38. The molecular formula is C23H31IN6O. The van der Waals surface area contributed by atoms with E-state index in [9.17, 15) is 0 Å². The number of aliphatic imine (C=N–C) groups is 1. The van der Waals surface area contributed by atoms with E-state index in [1.807, 2.05) is 60.0 Å². The highest BCUT2D eigenvalue weighted by molar-refractivity contribution is 14.0. The molecule has 7 nitrogen and oxygen atoms in total. The molecule has 0 spiro atoms. The number of nitrogens with zero attached hydrogens (tertiary/aromatic N) is 4. The van der Waals surface area contributed by atoms with Gasteiger partial charge in [-0.1, -0.05) is 48.5 Å². The molecular weight excluding hydrogens is 503 g/mol. The third-order valence-electron chi connectivity index (χ3n) is 4.63. The van der Waals surface area contributed by atoms with Gasteiger partial charge in [-0.15, -0.1) is 34.2 Å². The van der Waals surface area contributed by atoms with E-state index in [-0.39, 0.29) is 30.1 Å². The Morgan fingerprint density at radius 1 is 1.06 bits per heavy atom. The van der Waals surface area contributed by atoms with Gasteiger partial charge in [0.05, 0.1) is 6.10 Å². The third-order valence-corrected chi connectivity index (χ3v) is 4.63. The van der Waals surface area contributed by atoms with Gasteiger partial charge >= 0.3 is 0 Å². The van der Waals surface area contributed by atoms with Crippen molar-refractivity contribution in [2.24, 2.45) is 4.99 Å². The minimum Gasteiger partial charge on any atom is -0.374 e. The lowest BCUT2D eigenvalue weighted by Gasteiger charge is -2.14. The van der Waals surface area contributed by atoms with E-state index < -0.39 is 0 Å². The van der Waals surface area contributed by atoms with Crippen molar-refractivity contribution in [3.8, 4) is 5.69 Å². The zero-order valence-corrected chi connectivity index (χ0v) is 20.4. The number of hydrogen-bond acceptors (Lipinski definition) is 4. The summed E-state index contributed by atoms with van der Waals surface area (Å²) in [5, 5.41) is 14.9. The summed E-state index contributed by atoms with van der Waals surface area (Å²) in [5.74, 6) is 1.55. The van der Waals surface area contributed by atoms with Crippen LogP contribution in [0.3, 0.4) is 0 Å². The van der Waals surface area contributed by atoms with E-state index in [1.165, 1.54) is 5.56 Å². The second-order valence-corrected chi connectivity index (χ2v) is 6.85. The summed E-state index contributed by atoms with van der Waals surface area (Å²) in [6, 6.07) is 20.3. The highest BCUT2D eigenvalue weighted by Crippen LogP contribution is 2.15. The lowest BCUT2D eigenvalue weighted by atomic mass is 10.1. The Labute approximate surface area is 201 Å². The number of rotatable bonds is 10. The molecule has 0 aliphatic heterocycles. The molecule has 166 valence electrons. The second kappa shape index (κ2) is 13.8. The molecule has 0 aliphatic rings. The summed E-state index contributed by atoms with van der Waals surface area (Å²) in [6.45, 7) is 6.82. The van der Waals surface area contributed by atoms with Crippen LogP contribution in [-0.2, 0) is 11.3 Å². The first-order valence-corrected chi connectivity index (χ1v) is 10.4. The van der Waals surface area contributed by atoms with Gasteiger partial charge in [0.15, 0.2) is 11.8 Å². The molecule has 0 amide bonds. The van der Waals surface area contributed by atoms with Crippen molar-refractivity contribution in [1.29, 1.82) is 0 Å². The number of halogens is 1. The van der Waals surface area contributed by atoms with Crippen LogP contribution in [0.1, 0.15) is 37.8 Å². The van der Waals surface area contributed by atoms with Gasteiger partial charge in [-0.25, -0.2) is 4.99 Å². The van der Waals surface area contributed by atoms with E-state index in [0.717, 1.165) is 37.0 Å². The maximum Gasteiger partial charge on any atom is 0.191 e. The highest BCUT2D eigenvalue weighted by atomic mass is 127. The maximum absolute atomic E-state index is 5.93. The molecule has 0 fully saturated rings. The fourth-order valence-electron chi connectivity index (χ4n) is 3.02. The Hall–Kier alpha value is -2.46. The first-order valence-electron chi connectivity index (χ1n) is 10.4. The summed E-state index contributed by atoms with van der Waals surface area (Å²) in [4.78, 5) is 4.65. The molecule has 0 saturated heterocycles. The van der Waals surface area contributed by atoms with Crippen LogP contribution in [0.5, 0.6) is 0 Å². The minimum absolute atomic E-state index is 0. The summed E-state index contributed by atoms with van der Waals surface area (Å²) in [5.41, 5.74) is 2.22. The van der Waals surface area contributed by atoms with Crippen molar-refractivity contribution in [2.45, 2.75) is 32.9 Å². The quantitative estimate of drug-likeness (QED) is 0.177. The van der Waals surface area contributed by atoms with Gasteiger partial charge in [0.1, 0.15) is 12.9 Å². The first kappa shape index (κ1) is 24.8. The molecule has 3 aromatic rings. The monoisotopic (exact) mass is 534 g/mol. The molecule has 0 saturated carbocycles. The molecule has 2 aromatic carbocycles. The van der Waals surface area contributed by atoms with E-state index >= 15 is 0 Å². The van der Waals surface area contributed by atoms with Gasteiger partial charge in [0, 0.05) is 25.4 Å². The fourth-order valence-corrected chi connectivity index (χ4v) is 3.02. The SMILES string of the molecule is CCNC(=NCc1nncn1-c1ccccc1)NCCCOC(C)c1ccccc1.I. The Balaban J connectivity index is 0.00000341. The van der Waals surface area contributed by atoms with Crippen LogP contribution in [-0.4, -0.2) is 40.4 Å². The molecule has 1 unspecified atom stereocenters. The number of aromatic nitrogens is 3. The van der Waals surface area contributed by atoms with E-state index in [2.05, 4.69) is 44.9 Å². The van der Waals surface area contributed by atoms with Gasteiger partial charge in [-0.3, -0.25) is 4.57 Å². The van der Waals surface area contributed by atoms with Crippen molar-refractivity contribution >= 4 is 29.9 Å². The molecule has 0 aliphatic carbocycles. The zero-order valence-electron chi connectivity index (χ0n) is 18.1. The number of hydrogen-bond donors (Lipinski definition) is 2. The first-order chi connectivity index (χ1) is 14.8. The number of para-hydroxylation sites is 1. The number of guanidine groups is 1. The Bertz CT molecular complexity index is 901. The molecule has 8 heteroatoms. The predicted octanol–water partition coefficient (Wildman–Crippen LogP) is 4.11. The van der Waals surface area contributed by atoms with Crippen LogP contribution in [0.15, 0.2) is 72.0 Å². The van der Waals surface area contributed by atoms with E-state index in [1.54, 1.807) is 6.33 Å². The molecule has 1 aromatic heterocycles. The van der Waals surface area contributed by atoms with Crippen molar-refractivity contribution in [3.05, 3.63) is 78.4 Å². The molecule has 3 rings (SSSR count). The van der Waals surface area contributed by atoms with Crippen molar-refractivity contribution in [3.63, 3.8) is 0 Å². The van der Waals surface area contributed by atoms with Crippen molar-refractivity contribution < 1.29 is 4.74 Å². The molecule has 1 atom stereocenters. The van der Waals surface area contributed by atoms with Crippen molar-refractivity contribution in [1.82, 2.24) is 25.4 Å². The maximum atomic E-state index is 5.93. The van der Waals surface area contributed by atoms with Gasteiger partial charge in [0.25, 0.3) is 0 Å². The summed E-state index contributed by atoms with van der Waals surface area (Å²) < 4.78 is 7.88. The average Bonchev–Trinajstić information content (AvgIpc) is 3.27. The molecule has 0 bridgehead atoms. The van der Waals surface area contributed by atoms with Crippen LogP contribution in [0.25, 0.3) is 5.69 Å². The highest BCUT2D eigenvalue weighted by Gasteiger charge is 2.07. The Kier molecular flexibility index (Phi) is 11.0. The lowest BCUT2D eigenvalue weighted by molar-refractivity contribution is 0.0646. The predicted molar refractivity (Wildman–Crippen MR) is 135 cm³/mol. The normalized spacial score (nSPS) is 12.1. The molecule has 0 radical (unpaired) electrons. The van der Waals surface area contributed by atoms with Crippen LogP contribution in [0.2, 0.25) is 0 Å². The topological polar surface area (TPSA) is 76.4 Å². The summed E-state index contributed by atoms with van der Waals surface area (Å²) in [7, 11) is 0. The van der Waals surface area contributed by atoms with E-state index in [0.29, 0.717) is 13.2 Å².